The van der Waals surface area contributed by atoms with Crippen LogP contribution >= 0.6 is 0 Å². The quantitative estimate of drug-likeness (QED) is 0.410. The minimum absolute atomic E-state index is 0.1000. The van der Waals surface area contributed by atoms with Crippen LogP contribution < -0.4 is 9.47 Å². The Hall–Kier alpha value is -2.95. The smallest absolute Gasteiger partial charge is 0.203 e. The number of aliphatic hydroxyl groups is 1. The molecule has 3 rings (SSSR count). The summed E-state index contributed by atoms with van der Waals surface area (Å²) in [5.41, 5.74) is 0.157. The maximum absolute atomic E-state index is 12.6. The minimum Gasteiger partial charge on any atom is -0.515 e. The molecule has 5 heteroatoms. The van der Waals surface area contributed by atoms with Crippen molar-refractivity contribution in [2.45, 2.75) is 45.1 Å². The summed E-state index contributed by atoms with van der Waals surface area (Å²) in [6, 6.07) is 13.1. The third-order valence-electron chi connectivity index (χ3n) is 5.08. The average Bonchev–Trinajstić information content (AvgIpc) is 2.64. The summed E-state index contributed by atoms with van der Waals surface area (Å²) < 4.78 is 11.6. The third kappa shape index (κ3) is 3.98. The zero-order chi connectivity index (χ0) is 20.3. The van der Waals surface area contributed by atoms with Crippen LogP contribution in [-0.2, 0) is 0 Å². The molecule has 0 saturated carbocycles. The topological polar surface area (TPSA) is 76.0 Å². The first-order chi connectivity index (χ1) is 13.3. The van der Waals surface area contributed by atoms with Gasteiger partial charge in [0.15, 0.2) is 0 Å². The van der Waals surface area contributed by atoms with Crippen LogP contribution in [0.5, 0.6) is 17.2 Å². The van der Waals surface area contributed by atoms with Crippen LogP contribution in [0.4, 0.5) is 0 Å². The van der Waals surface area contributed by atoms with Crippen LogP contribution in [-0.4, -0.2) is 28.2 Å². The number of ether oxygens (including phenoxy) is 2. The summed E-state index contributed by atoms with van der Waals surface area (Å²) in [7, 11) is 0. The van der Waals surface area contributed by atoms with E-state index in [1.54, 1.807) is 19.9 Å². The van der Waals surface area contributed by atoms with E-state index in [0.29, 0.717) is 12.4 Å². The highest BCUT2D eigenvalue weighted by molar-refractivity contribution is 6.14. The molecule has 0 spiro atoms. The molecule has 28 heavy (non-hydrogen) atoms. The van der Waals surface area contributed by atoms with Crippen LogP contribution in [0.3, 0.4) is 0 Å². The van der Waals surface area contributed by atoms with Gasteiger partial charge in [-0.1, -0.05) is 25.1 Å². The lowest BCUT2D eigenvalue weighted by Crippen LogP contribution is -2.39. The van der Waals surface area contributed by atoms with Crippen molar-refractivity contribution in [1.82, 2.24) is 0 Å². The van der Waals surface area contributed by atoms with E-state index in [-0.39, 0.29) is 22.8 Å². The second-order valence-corrected chi connectivity index (χ2v) is 7.60. The predicted molar refractivity (Wildman–Crippen MR) is 107 cm³/mol. The fourth-order valence-corrected chi connectivity index (χ4v) is 3.43. The summed E-state index contributed by atoms with van der Waals surface area (Å²) >= 11 is 0. The molecule has 1 atom stereocenters. The van der Waals surface area contributed by atoms with Crippen molar-refractivity contribution in [1.29, 1.82) is 0 Å². The highest BCUT2D eigenvalue weighted by Gasteiger charge is 2.40. The molecule has 2 aromatic carbocycles. The van der Waals surface area contributed by atoms with Gasteiger partial charge in [0.25, 0.3) is 0 Å². The molecule has 1 aliphatic rings. The molecule has 148 valence electrons. The van der Waals surface area contributed by atoms with E-state index >= 15 is 0 Å². The number of benzene rings is 2. The number of phenols is 1. The molecule has 0 amide bonds. The minimum atomic E-state index is -0.962. The van der Waals surface area contributed by atoms with Gasteiger partial charge in [-0.15, -0.1) is 0 Å². The maximum Gasteiger partial charge on any atom is 0.203 e. The number of aliphatic hydroxyl groups excluding tert-OH is 1. The SMILES string of the molecule is CC(CCCOc1ccccc1)c1cc(O)c2c(c1)OC(C)(C)C(=CO)C2=O. The number of hydrogen-bond donors (Lipinski definition) is 2. The van der Waals surface area contributed by atoms with Crippen molar-refractivity contribution in [2.75, 3.05) is 6.61 Å². The highest BCUT2D eigenvalue weighted by atomic mass is 16.5. The number of carbonyl (C=O) groups is 1. The van der Waals surface area contributed by atoms with E-state index in [9.17, 15) is 15.0 Å². The largest absolute Gasteiger partial charge is 0.515 e. The van der Waals surface area contributed by atoms with Crippen molar-refractivity contribution in [2.24, 2.45) is 0 Å². The molecule has 0 bridgehead atoms. The van der Waals surface area contributed by atoms with E-state index in [1.165, 1.54) is 0 Å². The van der Waals surface area contributed by atoms with Gasteiger partial charge < -0.3 is 19.7 Å². The molecular formula is C23H26O5. The number of phenolic OH excluding ortho intramolecular Hbond substituents is 1. The number of Topliss-reactive ketones (excluding diaryl/α,β-unsaturated/α-hetero) is 1. The fourth-order valence-electron chi connectivity index (χ4n) is 3.43. The molecular weight excluding hydrogens is 356 g/mol. The number of ketones is 1. The van der Waals surface area contributed by atoms with E-state index < -0.39 is 11.4 Å². The molecule has 0 aliphatic carbocycles. The van der Waals surface area contributed by atoms with Crippen LogP contribution in [0, 0.1) is 0 Å². The zero-order valence-corrected chi connectivity index (χ0v) is 16.4. The first-order valence-electron chi connectivity index (χ1n) is 9.47. The van der Waals surface area contributed by atoms with Crippen LogP contribution in [0.1, 0.15) is 55.5 Å². The van der Waals surface area contributed by atoms with Gasteiger partial charge in [-0.2, -0.15) is 0 Å². The molecule has 0 fully saturated rings. The van der Waals surface area contributed by atoms with Gasteiger partial charge in [-0.05, 0) is 62.4 Å². The number of hydrogen-bond acceptors (Lipinski definition) is 5. The normalized spacial score (nSPS) is 17.7. The standard InChI is InChI=1S/C23H26O5/c1-15(8-7-11-27-17-9-5-4-6-10-17)16-12-19(25)21-20(13-16)28-23(2,3)18(14-24)22(21)26/h4-6,9-10,12-15,24-25H,7-8,11H2,1-3H3. The van der Waals surface area contributed by atoms with Gasteiger partial charge in [0.1, 0.15) is 28.4 Å². The number of carbonyl (C=O) groups excluding carboxylic acids is 1. The zero-order valence-electron chi connectivity index (χ0n) is 16.4. The summed E-state index contributed by atoms with van der Waals surface area (Å²) in [5.74, 6) is 0.820. The Morgan fingerprint density at radius 1 is 1.21 bits per heavy atom. The lowest BCUT2D eigenvalue weighted by Gasteiger charge is -2.34. The van der Waals surface area contributed by atoms with Gasteiger partial charge >= 0.3 is 0 Å². The predicted octanol–water partition coefficient (Wildman–Crippen LogP) is 5.15. The Labute approximate surface area is 165 Å². The summed E-state index contributed by atoms with van der Waals surface area (Å²) in [4.78, 5) is 12.6. The Morgan fingerprint density at radius 2 is 1.93 bits per heavy atom. The molecule has 1 heterocycles. The van der Waals surface area contributed by atoms with Gasteiger partial charge in [0.05, 0.1) is 18.4 Å². The molecule has 0 aromatic heterocycles. The molecule has 2 N–H and O–H groups in total. The number of fused-ring (bicyclic) bond motifs is 1. The number of aromatic hydroxyl groups is 1. The van der Waals surface area contributed by atoms with Gasteiger partial charge in [-0.3, -0.25) is 4.79 Å². The second-order valence-electron chi connectivity index (χ2n) is 7.60. The number of para-hydroxylation sites is 1. The summed E-state index contributed by atoms with van der Waals surface area (Å²) in [5, 5.41) is 19.8. The molecule has 0 saturated heterocycles. The Balaban J connectivity index is 1.70. The van der Waals surface area contributed by atoms with Crippen molar-refractivity contribution in [3.8, 4) is 17.2 Å². The fraction of sp³-hybridized carbons (Fsp3) is 0.348. The summed E-state index contributed by atoms with van der Waals surface area (Å²) in [6.07, 6.45) is 2.48. The summed E-state index contributed by atoms with van der Waals surface area (Å²) in [6.45, 7) is 6.10. The van der Waals surface area contributed by atoms with Crippen molar-refractivity contribution in [3.05, 3.63) is 65.4 Å². The second kappa shape index (κ2) is 7.97. The molecule has 1 aliphatic heterocycles. The van der Waals surface area contributed by atoms with Gasteiger partial charge in [-0.25, -0.2) is 0 Å². The maximum atomic E-state index is 12.6. The first kappa shape index (κ1) is 19.8. The monoisotopic (exact) mass is 382 g/mol. The first-order valence-corrected chi connectivity index (χ1v) is 9.47. The third-order valence-corrected chi connectivity index (χ3v) is 5.08. The molecule has 2 aromatic rings. The van der Waals surface area contributed by atoms with E-state index in [0.717, 1.165) is 30.4 Å². The van der Waals surface area contributed by atoms with Gasteiger partial charge in [0.2, 0.25) is 5.78 Å². The van der Waals surface area contributed by atoms with Crippen LogP contribution in [0.2, 0.25) is 0 Å². The van der Waals surface area contributed by atoms with Crippen molar-refractivity contribution < 1.29 is 24.5 Å². The Bertz CT molecular complexity index is 883. The molecule has 1 unspecified atom stereocenters. The average molecular weight is 382 g/mol. The lowest BCUT2D eigenvalue weighted by atomic mass is 9.85. The lowest BCUT2D eigenvalue weighted by molar-refractivity contribution is 0.0838. The Morgan fingerprint density at radius 3 is 2.61 bits per heavy atom. The van der Waals surface area contributed by atoms with Gasteiger partial charge in [0, 0.05) is 0 Å². The van der Waals surface area contributed by atoms with Crippen molar-refractivity contribution >= 4 is 5.78 Å². The van der Waals surface area contributed by atoms with E-state index in [4.69, 9.17) is 9.47 Å². The van der Waals surface area contributed by atoms with Crippen LogP contribution in [0.25, 0.3) is 0 Å². The van der Waals surface area contributed by atoms with Crippen LogP contribution in [0.15, 0.2) is 54.3 Å². The molecule has 0 radical (unpaired) electrons. The van der Waals surface area contributed by atoms with Crippen molar-refractivity contribution in [3.63, 3.8) is 0 Å². The Kier molecular flexibility index (Phi) is 5.63. The van der Waals surface area contributed by atoms with E-state index in [2.05, 4.69) is 6.92 Å². The van der Waals surface area contributed by atoms with E-state index in [1.807, 2.05) is 36.4 Å². The number of rotatable bonds is 6. The highest BCUT2D eigenvalue weighted by Crippen LogP contribution is 2.42. The molecule has 5 nitrogen and oxygen atoms in total.